The van der Waals surface area contributed by atoms with E-state index in [1.165, 1.54) is 6.08 Å². The largest absolute Gasteiger partial charge is 0.283 e. The lowest BCUT2D eigenvalue weighted by molar-refractivity contribution is 0.511. The first-order valence-electron chi connectivity index (χ1n) is 3.68. The van der Waals surface area contributed by atoms with Crippen LogP contribution in [0.2, 0.25) is 0 Å². The van der Waals surface area contributed by atoms with E-state index in [-0.39, 0.29) is 0 Å². The summed E-state index contributed by atoms with van der Waals surface area (Å²) in [5.74, 6) is 0. The van der Waals surface area contributed by atoms with Crippen LogP contribution >= 0.6 is 0 Å². The van der Waals surface area contributed by atoms with Crippen molar-refractivity contribution in [2.45, 2.75) is 26.3 Å². The Morgan fingerprint density at radius 2 is 2.33 bits per heavy atom. The molecule has 4 nitrogen and oxygen atoms in total. The minimum absolute atomic E-state index is 0.577. The molecule has 1 N–H and O–H groups in total. The van der Waals surface area contributed by atoms with E-state index in [0.717, 1.165) is 11.4 Å². The van der Waals surface area contributed by atoms with Crippen LogP contribution in [0, 0.1) is 6.92 Å². The van der Waals surface area contributed by atoms with Crippen LogP contribution in [0.4, 0.5) is 0 Å². The maximum Gasteiger partial charge on any atom is 0.235 e. The molecule has 0 saturated heterocycles. The molecule has 0 amide bonds. The van der Waals surface area contributed by atoms with E-state index in [0.29, 0.717) is 0 Å². The molecule has 1 aromatic heterocycles. The second-order valence-electron chi connectivity index (χ2n) is 3.20. The molecule has 0 atom stereocenters. The van der Waals surface area contributed by atoms with Gasteiger partial charge < -0.3 is 0 Å². The van der Waals surface area contributed by atoms with Gasteiger partial charge in [0.15, 0.2) is 0 Å². The van der Waals surface area contributed by atoms with Crippen molar-refractivity contribution in [1.82, 2.24) is 10.2 Å². The molecule has 1 rings (SSSR count). The molecular weight excluding hydrogens is 154 g/mol. The highest BCUT2D eigenvalue weighted by atomic mass is 16.1. The number of aromatic amines is 1. The standard InChI is InChI=1S/C8H11N3O/c1-6-4-7(11-10-6)8(2,3)9-5-12/h4H,1-3H3,(H,10,11). The number of rotatable bonds is 2. The third-order valence-corrected chi connectivity index (χ3v) is 1.66. The average molecular weight is 165 g/mol. The second kappa shape index (κ2) is 2.91. The Labute approximate surface area is 70.7 Å². The summed E-state index contributed by atoms with van der Waals surface area (Å²) in [5, 5.41) is 6.80. The zero-order chi connectivity index (χ0) is 9.19. The SMILES string of the molecule is Cc1cc(C(C)(C)N=C=O)n[nH]1. The van der Waals surface area contributed by atoms with Crippen LogP contribution in [-0.2, 0) is 10.3 Å². The Morgan fingerprint density at radius 3 is 2.75 bits per heavy atom. The molecule has 1 aromatic rings. The predicted octanol–water partition coefficient (Wildman–Crippen LogP) is 1.29. The van der Waals surface area contributed by atoms with Gasteiger partial charge in [0.1, 0.15) is 5.54 Å². The van der Waals surface area contributed by atoms with E-state index in [4.69, 9.17) is 0 Å². The van der Waals surface area contributed by atoms with E-state index in [1.807, 2.05) is 26.8 Å². The van der Waals surface area contributed by atoms with Gasteiger partial charge in [-0.3, -0.25) is 5.10 Å². The Morgan fingerprint density at radius 1 is 1.67 bits per heavy atom. The molecule has 4 heteroatoms. The lowest BCUT2D eigenvalue weighted by atomic mass is 10.0. The highest BCUT2D eigenvalue weighted by Crippen LogP contribution is 2.21. The number of H-pyrrole nitrogens is 1. The first-order chi connectivity index (χ1) is 5.56. The van der Waals surface area contributed by atoms with Crippen LogP contribution in [0.15, 0.2) is 11.1 Å². The molecule has 0 radical (unpaired) electrons. The van der Waals surface area contributed by atoms with Crippen molar-refractivity contribution in [2.75, 3.05) is 0 Å². The van der Waals surface area contributed by atoms with Crippen molar-refractivity contribution in [3.05, 3.63) is 17.5 Å². The molecule has 0 saturated carbocycles. The maximum atomic E-state index is 10.1. The summed E-state index contributed by atoms with van der Waals surface area (Å²) in [6.07, 6.45) is 1.54. The van der Waals surface area contributed by atoms with Crippen LogP contribution < -0.4 is 0 Å². The summed E-state index contributed by atoms with van der Waals surface area (Å²) >= 11 is 0. The van der Waals surface area contributed by atoms with Gasteiger partial charge in [-0.1, -0.05) is 0 Å². The molecule has 1 heterocycles. The monoisotopic (exact) mass is 165 g/mol. The fraction of sp³-hybridized carbons (Fsp3) is 0.500. The highest BCUT2D eigenvalue weighted by Gasteiger charge is 2.21. The van der Waals surface area contributed by atoms with Crippen molar-refractivity contribution < 1.29 is 4.79 Å². The van der Waals surface area contributed by atoms with E-state index in [9.17, 15) is 4.79 Å². The van der Waals surface area contributed by atoms with Gasteiger partial charge in [0.25, 0.3) is 0 Å². The average Bonchev–Trinajstić information content (AvgIpc) is 2.36. The quantitative estimate of drug-likeness (QED) is 0.530. The molecular formula is C8H11N3O. The van der Waals surface area contributed by atoms with Crippen LogP contribution in [0.25, 0.3) is 0 Å². The minimum Gasteiger partial charge on any atom is -0.283 e. The first-order valence-corrected chi connectivity index (χ1v) is 3.68. The third-order valence-electron chi connectivity index (χ3n) is 1.66. The van der Waals surface area contributed by atoms with Crippen molar-refractivity contribution in [1.29, 1.82) is 0 Å². The molecule has 0 aliphatic carbocycles. The van der Waals surface area contributed by atoms with Crippen molar-refractivity contribution in [3.63, 3.8) is 0 Å². The van der Waals surface area contributed by atoms with E-state index in [1.54, 1.807) is 0 Å². The molecule has 0 bridgehead atoms. The predicted molar refractivity (Wildman–Crippen MR) is 44.5 cm³/mol. The highest BCUT2D eigenvalue weighted by molar-refractivity contribution is 5.36. The zero-order valence-electron chi connectivity index (χ0n) is 7.38. The number of isocyanates is 1. The van der Waals surface area contributed by atoms with Gasteiger partial charge in [-0.25, -0.2) is 4.79 Å². The summed E-state index contributed by atoms with van der Waals surface area (Å²) in [4.78, 5) is 13.7. The lowest BCUT2D eigenvalue weighted by Crippen LogP contribution is -2.13. The molecule has 0 unspecified atom stereocenters. The van der Waals surface area contributed by atoms with Crippen LogP contribution in [-0.4, -0.2) is 16.3 Å². The minimum atomic E-state index is -0.577. The third kappa shape index (κ3) is 1.60. The Balaban J connectivity index is 3.04. The molecule has 0 fully saturated rings. The smallest absolute Gasteiger partial charge is 0.235 e. The molecule has 0 aliphatic rings. The Kier molecular flexibility index (Phi) is 2.11. The van der Waals surface area contributed by atoms with Gasteiger partial charge in [-0.05, 0) is 26.8 Å². The van der Waals surface area contributed by atoms with Crippen LogP contribution in [0.5, 0.6) is 0 Å². The van der Waals surface area contributed by atoms with E-state index >= 15 is 0 Å². The second-order valence-corrected chi connectivity index (χ2v) is 3.20. The first kappa shape index (κ1) is 8.68. The van der Waals surface area contributed by atoms with E-state index < -0.39 is 5.54 Å². The van der Waals surface area contributed by atoms with Gasteiger partial charge in [-0.2, -0.15) is 10.1 Å². The molecule has 64 valence electrons. The van der Waals surface area contributed by atoms with Crippen molar-refractivity contribution >= 4 is 6.08 Å². The summed E-state index contributed by atoms with van der Waals surface area (Å²) < 4.78 is 0. The normalized spacial score (nSPS) is 10.9. The van der Waals surface area contributed by atoms with Crippen LogP contribution in [0.3, 0.4) is 0 Å². The number of carbonyl (C=O) groups excluding carboxylic acids is 1. The fourth-order valence-corrected chi connectivity index (χ4v) is 0.903. The van der Waals surface area contributed by atoms with E-state index in [2.05, 4.69) is 15.2 Å². The van der Waals surface area contributed by atoms with Gasteiger partial charge in [-0.15, -0.1) is 0 Å². The lowest BCUT2D eigenvalue weighted by Gasteiger charge is -2.12. The number of nitrogens with zero attached hydrogens (tertiary/aromatic N) is 2. The zero-order valence-corrected chi connectivity index (χ0v) is 7.38. The van der Waals surface area contributed by atoms with Crippen molar-refractivity contribution in [2.24, 2.45) is 4.99 Å². The van der Waals surface area contributed by atoms with Gasteiger partial charge >= 0.3 is 0 Å². The van der Waals surface area contributed by atoms with Gasteiger partial charge in [0, 0.05) is 5.69 Å². The summed E-state index contributed by atoms with van der Waals surface area (Å²) in [5.41, 5.74) is 1.13. The van der Waals surface area contributed by atoms with Crippen LogP contribution in [0.1, 0.15) is 25.2 Å². The Hall–Kier alpha value is -1.41. The molecule has 0 aromatic carbocycles. The molecule has 0 aliphatic heterocycles. The topological polar surface area (TPSA) is 58.1 Å². The number of nitrogens with one attached hydrogen (secondary N) is 1. The number of hydrogen-bond acceptors (Lipinski definition) is 3. The molecule has 12 heavy (non-hydrogen) atoms. The van der Waals surface area contributed by atoms with Crippen molar-refractivity contribution in [3.8, 4) is 0 Å². The maximum absolute atomic E-state index is 10.1. The fourth-order valence-electron chi connectivity index (χ4n) is 0.903. The Bertz CT molecular complexity index is 321. The number of aliphatic imine (C=N–C) groups is 1. The summed E-state index contributed by atoms with van der Waals surface area (Å²) in [6.45, 7) is 5.53. The summed E-state index contributed by atoms with van der Waals surface area (Å²) in [6, 6.07) is 1.86. The number of hydrogen-bond donors (Lipinski definition) is 1. The number of aromatic nitrogens is 2. The number of aryl methyl sites for hydroxylation is 1. The van der Waals surface area contributed by atoms with Gasteiger partial charge in [0.05, 0.1) is 5.69 Å². The molecule has 0 spiro atoms. The summed E-state index contributed by atoms with van der Waals surface area (Å²) in [7, 11) is 0. The van der Waals surface area contributed by atoms with Gasteiger partial charge in [0.2, 0.25) is 6.08 Å².